The van der Waals surface area contributed by atoms with Gasteiger partial charge in [-0.25, -0.2) is 4.79 Å². The topological polar surface area (TPSA) is 68.5 Å². The van der Waals surface area contributed by atoms with Crippen molar-refractivity contribution in [1.82, 2.24) is 4.57 Å². The van der Waals surface area contributed by atoms with Gasteiger partial charge in [0.15, 0.2) is 0 Å². The predicted molar refractivity (Wildman–Crippen MR) is 81.7 cm³/mol. The lowest BCUT2D eigenvalue weighted by molar-refractivity contribution is 0.0598. The molecule has 1 aromatic heterocycles. The normalized spacial score (nSPS) is 13.0. The maximum absolute atomic E-state index is 12.6. The lowest BCUT2D eigenvalue weighted by atomic mass is 10.0. The number of hydrogen-bond acceptors (Lipinski definition) is 4. The Bertz CT molecular complexity index is 774. The van der Waals surface area contributed by atoms with Gasteiger partial charge >= 0.3 is 5.97 Å². The Kier molecular flexibility index (Phi) is 3.81. The summed E-state index contributed by atoms with van der Waals surface area (Å²) >= 11 is 0. The molecule has 0 atom stereocenters. The Balaban J connectivity index is 2.19. The van der Waals surface area contributed by atoms with Crippen LogP contribution in [0.2, 0.25) is 0 Å². The van der Waals surface area contributed by atoms with Crippen LogP contribution in [0.4, 0.5) is 0 Å². The van der Waals surface area contributed by atoms with Crippen molar-refractivity contribution in [2.75, 3.05) is 7.11 Å². The zero-order valence-electron chi connectivity index (χ0n) is 12.3. The van der Waals surface area contributed by atoms with Crippen LogP contribution < -0.4 is 5.56 Å². The van der Waals surface area contributed by atoms with Gasteiger partial charge in [0.05, 0.1) is 19.3 Å². The van der Waals surface area contributed by atoms with E-state index in [4.69, 9.17) is 9.84 Å². The SMILES string of the molecule is COC(=O)c1cc(-c2ccc(CO)cc2)c(=O)n2c1CCC2. The number of esters is 1. The Morgan fingerprint density at radius 3 is 2.68 bits per heavy atom. The molecule has 0 spiro atoms. The number of aliphatic hydroxyl groups is 1. The molecule has 0 fully saturated rings. The quantitative estimate of drug-likeness (QED) is 0.877. The molecule has 1 aliphatic rings. The van der Waals surface area contributed by atoms with Crippen molar-refractivity contribution in [1.29, 1.82) is 0 Å². The molecular weight excluding hydrogens is 282 g/mol. The molecule has 0 radical (unpaired) electrons. The van der Waals surface area contributed by atoms with Crippen LogP contribution in [-0.2, 0) is 24.3 Å². The number of hydrogen-bond donors (Lipinski definition) is 1. The Morgan fingerprint density at radius 1 is 1.32 bits per heavy atom. The number of benzene rings is 1. The second kappa shape index (κ2) is 5.77. The van der Waals surface area contributed by atoms with E-state index >= 15 is 0 Å². The summed E-state index contributed by atoms with van der Waals surface area (Å²) in [6, 6.07) is 8.73. The Labute approximate surface area is 127 Å². The first-order valence-electron chi connectivity index (χ1n) is 7.21. The van der Waals surface area contributed by atoms with Gasteiger partial charge in [-0.1, -0.05) is 24.3 Å². The Morgan fingerprint density at radius 2 is 2.05 bits per heavy atom. The molecule has 1 N–H and O–H groups in total. The molecule has 1 aromatic carbocycles. The minimum absolute atomic E-state index is 0.0448. The molecule has 5 heteroatoms. The summed E-state index contributed by atoms with van der Waals surface area (Å²) in [5.41, 5.74) is 3.12. The fraction of sp³-hybridized carbons (Fsp3) is 0.294. The maximum Gasteiger partial charge on any atom is 0.339 e. The van der Waals surface area contributed by atoms with Gasteiger partial charge in [0.2, 0.25) is 0 Å². The van der Waals surface area contributed by atoms with E-state index in [1.165, 1.54) is 7.11 Å². The molecule has 0 saturated heterocycles. The van der Waals surface area contributed by atoms with Crippen LogP contribution in [0.5, 0.6) is 0 Å². The third-order valence-corrected chi connectivity index (χ3v) is 4.05. The van der Waals surface area contributed by atoms with Gasteiger partial charge in [-0.15, -0.1) is 0 Å². The minimum Gasteiger partial charge on any atom is -0.465 e. The molecule has 0 aliphatic carbocycles. The van der Waals surface area contributed by atoms with Gasteiger partial charge in [-0.2, -0.15) is 0 Å². The number of carbonyl (C=O) groups excluding carboxylic acids is 1. The van der Waals surface area contributed by atoms with E-state index < -0.39 is 5.97 Å². The van der Waals surface area contributed by atoms with Crippen LogP contribution in [0.15, 0.2) is 35.1 Å². The summed E-state index contributed by atoms with van der Waals surface area (Å²) in [4.78, 5) is 24.6. The second-order valence-corrected chi connectivity index (χ2v) is 5.33. The fourth-order valence-corrected chi connectivity index (χ4v) is 2.90. The Hall–Kier alpha value is -2.40. The second-order valence-electron chi connectivity index (χ2n) is 5.33. The van der Waals surface area contributed by atoms with Crippen LogP contribution in [0, 0.1) is 0 Å². The molecule has 2 aromatic rings. The minimum atomic E-state index is -0.418. The number of carbonyl (C=O) groups is 1. The monoisotopic (exact) mass is 299 g/mol. The van der Waals surface area contributed by atoms with Gasteiger partial charge in [-0.05, 0) is 30.0 Å². The molecule has 1 aliphatic heterocycles. The molecule has 0 bridgehead atoms. The standard InChI is InChI=1S/C17H17NO4/c1-22-17(21)14-9-13(12-6-4-11(10-19)5-7-12)16(20)18-8-2-3-15(14)18/h4-7,9,19H,2-3,8,10H2,1H3. The van der Waals surface area contributed by atoms with Crippen molar-refractivity contribution < 1.29 is 14.6 Å². The highest BCUT2D eigenvalue weighted by molar-refractivity contribution is 5.92. The highest BCUT2D eigenvalue weighted by atomic mass is 16.5. The van der Waals surface area contributed by atoms with Gasteiger partial charge in [0.1, 0.15) is 0 Å². The predicted octanol–water partition coefficient (Wildman–Crippen LogP) is 1.74. The summed E-state index contributed by atoms with van der Waals surface area (Å²) in [6.45, 7) is 0.581. The first-order chi connectivity index (χ1) is 10.7. The highest BCUT2D eigenvalue weighted by Crippen LogP contribution is 2.24. The van der Waals surface area contributed by atoms with Gasteiger partial charge in [0, 0.05) is 17.8 Å². The zero-order chi connectivity index (χ0) is 15.7. The molecule has 0 unspecified atom stereocenters. The maximum atomic E-state index is 12.6. The number of methoxy groups -OCH3 is 1. The molecule has 114 valence electrons. The van der Waals surface area contributed by atoms with Crippen molar-refractivity contribution in [3.05, 3.63) is 57.5 Å². The van der Waals surface area contributed by atoms with E-state index in [1.807, 2.05) is 0 Å². The number of aliphatic hydroxyl groups excluding tert-OH is 1. The number of fused-ring (bicyclic) bond motifs is 1. The summed E-state index contributed by atoms with van der Waals surface area (Å²) in [5.74, 6) is -0.418. The average molecular weight is 299 g/mol. The van der Waals surface area contributed by atoms with Gasteiger partial charge in [-0.3, -0.25) is 4.79 Å². The van der Waals surface area contributed by atoms with Gasteiger partial charge < -0.3 is 14.4 Å². The zero-order valence-corrected chi connectivity index (χ0v) is 12.3. The van der Waals surface area contributed by atoms with E-state index in [9.17, 15) is 9.59 Å². The summed E-state index contributed by atoms with van der Waals surface area (Å²) < 4.78 is 6.51. The molecule has 0 amide bonds. The summed E-state index contributed by atoms with van der Waals surface area (Å²) in [5, 5.41) is 9.10. The average Bonchev–Trinajstić information content (AvgIpc) is 3.05. The fourth-order valence-electron chi connectivity index (χ4n) is 2.90. The first-order valence-corrected chi connectivity index (χ1v) is 7.21. The molecule has 5 nitrogen and oxygen atoms in total. The van der Waals surface area contributed by atoms with E-state index in [-0.39, 0.29) is 12.2 Å². The number of aromatic nitrogens is 1. The van der Waals surface area contributed by atoms with Crippen LogP contribution >= 0.6 is 0 Å². The largest absolute Gasteiger partial charge is 0.465 e. The lowest BCUT2D eigenvalue weighted by Crippen LogP contribution is -2.24. The van der Waals surface area contributed by atoms with E-state index in [1.54, 1.807) is 34.9 Å². The van der Waals surface area contributed by atoms with Crippen molar-refractivity contribution in [2.24, 2.45) is 0 Å². The van der Waals surface area contributed by atoms with Crippen LogP contribution in [0.25, 0.3) is 11.1 Å². The molecule has 22 heavy (non-hydrogen) atoms. The van der Waals surface area contributed by atoms with Crippen molar-refractivity contribution >= 4 is 5.97 Å². The summed E-state index contributed by atoms with van der Waals surface area (Å²) in [7, 11) is 1.34. The lowest BCUT2D eigenvalue weighted by Gasteiger charge is -2.12. The number of nitrogens with zero attached hydrogens (tertiary/aromatic N) is 1. The number of rotatable bonds is 3. The van der Waals surface area contributed by atoms with Crippen LogP contribution in [0.1, 0.15) is 28.0 Å². The van der Waals surface area contributed by atoms with Gasteiger partial charge in [0.25, 0.3) is 5.56 Å². The van der Waals surface area contributed by atoms with Crippen LogP contribution in [0.3, 0.4) is 0 Å². The first kappa shape index (κ1) is 14.5. The number of ether oxygens (including phenoxy) is 1. The van der Waals surface area contributed by atoms with Crippen molar-refractivity contribution in [2.45, 2.75) is 26.0 Å². The third kappa shape index (κ3) is 2.33. The molecular formula is C17H17NO4. The smallest absolute Gasteiger partial charge is 0.339 e. The molecule has 0 saturated carbocycles. The van der Waals surface area contributed by atoms with E-state index in [0.717, 1.165) is 23.2 Å². The molecule has 2 heterocycles. The number of pyridine rings is 1. The van der Waals surface area contributed by atoms with Crippen molar-refractivity contribution in [3.63, 3.8) is 0 Å². The van der Waals surface area contributed by atoms with Crippen LogP contribution in [-0.4, -0.2) is 22.8 Å². The van der Waals surface area contributed by atoms with Crippen molar-refractivity contribution in [3.8, 4) is 11.1 Å². The van der Waals surface area contributed by atoms with E-state index in [0.29, 0.717) is 24.1 Å². The molecule has 3 rings (SSSR count). The highest BCUT2D eigenvalue weighted by Gasteiger charge is 2.23. The van der Waals surface area contributed by atoms with E-state index in [2.05, 4.69) is 0 Å². The third-order valence-electron chi connectivity index (χ3n) is 4.05. The summed E-state index contributed by atoms with van der Waals surface area (Å²) in [6.07, 6.45) is 1.57.